The summed E-state index contributed by atoms with van der Waals surface area (Å²) in [7, 11) is 0. The number of morpholine rings is 1. The second-order valence-corrected chi connectivity index (χ2v) is 6.44. The summed E-state index contributed by atoms with van der Waals surface area (Å²) in [6.07, 6.45) is 3.14. The van der Waals surface area contributed by atoms with Gasteiger partial charge in [0.25, 0.3) is 0 Å². The smallest absolute Gasteiger partial charge is 0.125 e. The van der Waals surface area contributed by atoms with Crippen LogP contribution in [0.15, 0.2) is 18.2 Å². The van der Waals surface area contributed by atoms with Gasteiger partial charge in [-0.05, 0) is 51.7 Å². The minimum Gasteiger partial charge on any atom is -0.493 e. The molecule has 2 rings (SSSR count). The number of para-hydroxylation sites is 1. The lowest BCUT2D eigenvalue weighted by Crippen LogP contribution is -3.15. The monoisotopic (exact) mass is 292 g/mol. The van der Waals surface area contributed by atoms with Gasteiger partial charge in [-0.3, -0.25) is 0 Å². The Morgan fingerprint density at radius 1 is 1.10 bits per heavy atom. The zero-order valence-corrected chi connectivity index (χ0v) is 13.9. The summed E-state index contributed by atoms with van der Waals surface area (Å²) in [6, 6.07) is 6.31. The first-order valence-electron chi connectivity index (χ1n) is 8.24. The lowest BCUT2D eigenvalue weighted by atomic mass is 10.1. The second-order valence-electron chi connectivity index (χ2n) is 6.44. The molecule has 1 saturated heterocycles. The largest absolute Gasteiger partial charge is 0.493 e. The van der Waals surface area contributed by atoms with Crippen molar-refractivity contribution in [3.8, 4) is 5.75 Å². The maximum atomic E-state index is 5.97. The molecule has 0 radical (unpaired) electrons. The number of unbranched alkanes of at least 4 members (excludes halogenated alkanes) is 1. The van der Waals surface area contributed by atoms with Gasteiger partial charge in [-0.25, -0.2) is 0 Å². The van der Waals surface area contributed by atoms with Crippen LogP contribution in [0.1, 0.15) is 37.8 Å². The Balaban J connectivity index is 1.66. The molecule has 1 N–H and O–H groups in total. The number of ether oxygens (including phenoxy) is 2. The Labute approximate surface area is 129 Å². The first kappa shape index (κ1) is 16.3. The molecule has 1 aromatic carbocycles. The van der Waals surface area contributed by atoms with E-state index in [4.69, 9.17) is 9.47 Å². The highest BCUT2D eigenvalue weighted by molar-refractivity contribution is 5.39. The van der Waals surface area contributed by atoms with Crippen LogP contribution < -0.4 is 9.64 Å². The number of rotatable bonds is 6. The number of aryl methyl sites for hydroxylation is 2. The minimum atomic E-state index is 0.398. The summed E-state index contributed by atoms with van der Waals surface area (Å²) in [4.78, 5) is 1.67. The molecule has 1 aliphatic rings. The molecule has 1 aliphatic heterocycles. The van der Waals surface area contributed by atoms with Crippen molar-refractivity contribution >= 4 is 0 Å². The van der Waals surface area contributed by atoms with Crippen LogP contribution in [-0.4, -0.2) is 38.4 Å². The predicted octanol–water partition coefficient (Wildman–Crippen LogP) is 2.15. The Morgan fingerprint density at radius 2 is 1.71 bits per heavy atom. The molecule has 0 aromatic heterocycles. The number of hydrogen-bond donors (Lipinski definition) is 1. The van der Waals surface area contributed by atoms with E-state index in [1.54, 1.807) is 4.90 Å². The summed E-state index contributed by atoms with van der Waals surface area (Å²) < 4.78 is 11.7. The van der Waals surface area contributed by atoms with Crippen LogP contribution in [0.25, 0.3) is 0 Å². The average molecular weight is 292 g/mol. The molecule has 0 bridgehead atoms. The molecule has 0 saturated carbocycles. The molecule has 3 heteroatoms. The van der Waals surface area contributed by atoms with Crippen LogP contribution in [0.5, 0.6) is 5.75 Å². The van der Waals surface area contributed by atoms with Gasteiger partial charge in [0.05, 0.1) is 13.2 Å². The van der Waals surface area contributed by atoms with Crippen LogP contribution >= 0.6 is 0 Å². The molecule has 0 unspecified atom stereocenters. The quantitative estimate of drug-likeness (QED) is 0.812. The SMILES string of the molecule is Cc1cccc(C)c1OCCCC[NH+]1C[C@H](C)O[C@@H](C)C1. The van der Waals surface area contributed by atoms with E-state index < -0.39 is 0 Å². The zero-order chi connectivity index (χ0) is 15.2. The molecular formula is C18H30NO2+. The summed E-state index contributed by atoms with van der Waals surface area (Å²) >= 11 is 0. The van der Waals surface area contributed by atoms with E-state index in [0.29, 0.717) is 12.2 Å². The van der Waals surface area contributed by atoms with Gasteiger partial charge in [-0.15, -0.1) is 0 Å². The van der Waals surface area contributed by atoms with Crippen LogP contribution in [0, 0.1) is 13.8 Å². The van der Waals surface area contributed by atoms with E-state index >= 15 is 0 Å². The first-order valence-corrected chi connectivity index (χ1v) is 8.24. The molecule has 3 nitrogen and oxygen atoms in total. The Morgan fingerprint density at radius 3 is 2.33 bits per heavy atom. The highest BCUT2D eigenvalue weighted by atomic mass is 16.5. The average Bonchev–Trinajstić information content (AvgIpc) is 2.40. The lowest BCUT2D eigenvalue weighted by Gasteiger charge is -2.32. The summed E-state index contributed by atoms with van der Waals surface area (Å²) in [5, 5.41) is 0. The number of benzene rings is 1. The molecule has 118 valence electrons. The minimum absolute atomic E-state index is 0.398. The van der Waals surface area contributed by atoms with Crippen LogP contribution in [-0.2, 0) is 4.74 Å². The molecule has 0 amide bonds. The van der Waals surface area contributed by atoms with Crippen molar-refractivity contribution in [1.82, 2.24) is 0 Å². The fraction of sp³-hybridized carbons (Fsp3) is 0.667. The van der Waals surface area contributed by atoms with Crippen molar-refractivity contribution < 1.29 is 14.4 Å². The van der Waals surface area contributed by atoms with E-state index in [2.05, 4.69) is 45.9 Å². The number of hydrogen-bond acceptors (Lipinski definition) is 2. The van der Waals surface area contributed by atoms with E-state index in [9.17, 15) is 0 Å². The molecule has 0 spiro atoms. The van der Waals surface area contributed by atoms with E-state index in [0.717, 1.165) is 31.9 Å². The van der Waals surface area contributed by atoms with Gasteiger partial charge in [0.1, 0.15) is 31.0 Å². The van der Waals surface area contributed by atoms with E-state index in [1.165, 1.54) is 24.1 Å². The van der Waals surface area contributed by atoms with Gasteiger partial charge in [0.2, 0.25) is 0 Å². The zero-order valence-electron chi connectivity index (χ0n) is 13.9. The summed E-state index contributed by atoms with van der Waals surface area (Å²) in [5.74, 6) is 1.07. The van der Waals surface area contributed by atoms with Crippen LogP contribution in [0.4, 0.5) is 0 Å². The number of nitrogens with one attached hydrogen (secondary N) is 1. The van der Waals surface area contributed by atoms with Gasteiger partial charge in [-0.2, -0.15) is 0 Å². The molecule has 2 atom stereocenters. The Bertz CT molecular complexity index is 417. The Hall–Kier alpha value is -1.06. The molecule has 0 aliphatic carbocycles. The fourth-order valence-electron chi connectivity index (χ4n) is 3.27. The molecule has 1 heterocycles. The van der Waals surface area contributed by atoms with Crippen LogP contribution in [0.3, 0.4) is 0 Å². The third-order valence-electron chi connectivity index (χ3n) is 4.20. The van der Waals surface area contributed by atoms with Crippen molar-refractivity contribution in [2.24, 2.45) is 0 Å². The van der Waals surface area contributed by atoms with E-state index in [-0.39, 0.29) is 0 Å². The lowest BCUT2D eigenvalue weighted by molar-refractivity contribution is -0.915. The Kier molecular flexibility index (Phi) is 6.07. The maximum absolute atomic E-state index is 5.97. The predicted molar refractivity (Wildman–Crippen MR) is 86.2 cm³/mol. The van der Waals surface area contributed by atoms with Gasteiger partial charge in [0, 0.05) is 0 Å². The fourth-order valence-corrected chi connectivity index (χ4v) is 3.27. The number of quaternary nitrogens is 1. The molecule has 21 heavy (non-hydrogen) atoms. The van der Waals surface area contributed by atoms with Gasteiger partial charge in [0.15, 0.2) is 0 Å². The third kappa shape index (κ3) is 5.01. The summed E-state index contributed by atoms with van der Waals surface area (Å²) in [6.45, 7) is 12.9. The van der Waals surface area contributed by atoms with Gasteiger partial charge < -0.3 is 14.4 Å². The molecule has 1 fully saturated rings. The highest BCUT2D eigenvalue weighted by Gasteiger charge is 2.24. The van der Waals surface area contributed by atoms with E-state index in [1.807, 2.05) is 0 Å². The van der Waals surface area contributed by atoms with Crippen molar-refractivity contribution in [3.63, 3.8) is 0 Å². The van der Waals surface area contributed by atoms with Gasteiger partial charge in [-0.1, -0.05) is 18.2 Å². The summed E-state index contributed by atoms with van der Waals surface area (Å²) in [5.41, 5.74) is 2.47. The van der Waals surface area contributed by atoms with Crippen molar-refractivity contribution in [2.45, 2.75) is 52.7 Å². The van der Waals surface area contributed by atoms with Crippen molar-refractivity contribution in [2.75, 3.05) is 26.2 Å². The maximum Gasteiger partial charge on any atom is 0.125 e. The molecular weight excluding hydrogens is 262 g/mol. The molecule has 1 aromatic rings. The standard InChI is InChI=1S/C18H29NO2/c1-14-8-7-9-15(2)18(14)20-11-6-5-10-19-12-16(3)21-17(4)13-19/h7-9,16-17H,5-6,10-13H2,1-4H3/p+1/t16-,17-/m0/s1. The third-order valence-corrected chi connectivity index (χ3v) is 4.20. The topological polar surface area (TPSA) is 22.9 Å². The first-order chi connectivity index (χ1) is 10.1. The second kappa shape index (κ2) is 7.81. The van der Waals surface area contributed by atoms with Gasteiger partial charge >= 0.3 is 0 Å². The normalized spacial score (nSPS) is 25.8. The van der Waals surface area contributed by atoms with Crippen LogP contribution in [0.2, 0.25) is 0 Å². The van der Waals surface area contributed by atoms with Crippen molar-refractivity contribution in [3.05, 3.63) is 29.3 Å². The van der Waals surface area contributed by atoms with Crippen molar-refractivity contribution in [1.29, 1.82) is 0 Å². The highest BCUT2D eigenvalue weighted by Crippen LogP contribution is 2.22.